The molecule has 10 heteroatoms. The van der Waals surface area contributed by atoms with E-state index in [1.165, 1.54) is 17.0 Å². The summed E-state index contributed by atoms with van der Waals surface area (Å²) in [7, 11) is 5.24. The number of aliphatic imine (C=N–C) groups is 1. The SMILES string of the molecule is CN(C)C(=O)CN=C(NCC1CCOC1)N(C)Cc1ccc(OC(F)F)cc1.I. The molecule has 0 bridgehead atoms. The lowest BCUT2D eigenvalue weighted by molar-refractivity contribution is -0.127. The largest absolute Gasteiger partial charge is 0.435 e. The fraction of sp³-hybridized carbons (Fsp3) is 0.579. The number of benzene rings is 1. The molecule has 0 aromatic heterocycles. The summed E-state index contributed by atoms with van der Waals surface area (Å²) in [6, 6.07) is 6.46. The zero-order valence-electron chi connectivity index (χ0n) is 16.9. The standard InChI is InChI=1S/C19H28F2N4O3.HI/c1-24(2)17(26)11-23-19(22-10-15-8-9-27-13-15)25(3)12-14-4-6-16(7-5-14)28-18(20)21;/h4-7,15,18H,8-13H2,1-3H3,(H,22,23);1H. The normalized spacial score (nSPS) is 16.3. The van der Waals surface area contributed by atoms with Crippen molar-refractivity contribution in [1.29, 1.82) is 0 Å². The number of alkyl halides is 2. The highest BCUT2D eigenvalue weighted by atomic mass is 127. The van der Waals surface area contributed by atoms with Crippen LogP contribution in [0, 0.1) is 5.92 Å². The minimum atomic E-state index is -2.84. The zero-order valence-corrected chi connectivity index (χ0v) is 19.3. The van der Waals surface area contributed by atoms with Crippen molar-refractivity contribution in [2.75, 3.05) is 47.4 Å². The smallest absolute Gasteiger partial charge is 0.387 e. The van der Waals surface area contributed by atoms with E-state index in [9.17, 15) is 13.6 Å². The molecular weight excluding hydrogens is 497 g/mol. The molecule has 1 aliphatic heterocycles. The molecule has 0 saturated carbocycles. The molecule has 1 fully saturated rings. The quantitative estimate of drug-likeness (QED) is 0.320. The Morgan fingerprint density at radius 3 is 2.55 bits per heavy atom. The fourth-order valence-electron chi connectivity index (χ4n) is 2.70. The van der Waals surface area contributed by atoms with Gasteiger partial charge in [-0.05, 0) is 24.1 Å². The Hall–Kier alpha value is -1.69. The Kier molecular flexibility index (Phi) is 11.2. The molecule has 1 aliphatic rings. The van der Waals surface area contributed by atoms with Gasteiger partial charge < -0.3 is 24.6 Å². The van der Waals surface area contributed by atoms with Gasteiger partial charge in [0.15, 0.2) is 5.96 Å². The van der Waals surface area contributed by atoms with Gasteiger partial charge in [-0.2, -0.15) is 8.78 Å². The number of nitrogens with one attached hydrogen (secondary N) is 1. The van der Waals surface area contributed by atoms with Crippen molar-refractivity contribution < 1.29 is 23.0 Å². The van der Waals surface area contributed by atoms with Crippen LogP contribution in [0.4, 0.5) is 8.78 Å². The van der Waals surface area contributed by atoms with Gasteiger partial charge in [0.2, 0.25) is 5.91 Å². The lowest BCUT2D eigenvalue weighted by Crippen LogP contribution is -2.41. The van der Waals surface area contributed by atoms with Gasteiger partial charge in [-0.3, -0.25) is 4.79 Å². The van der Waals surface area contributed by atoms with Gasteiger partial charge in [0, 0.05) is 46.8 Å². The predicted octanol–water partition coefficient (Wildman–Crippen LogP) is 2.41. The Labute approximate surface area is 187 Å². The highest BCUT2D eigenvalue weighted by Crippen LogP contribution is 2.16. The second kappa shape index (κ2) is 12.8. The van der Waals surface area contributed by atoms with E-state index >= 15 is 0 Å². The molecule has 29 heavy (non-hydrogen) atoms. The van der Waals surface area contributed by atoms with Gasteiger partial charge in [-0.1, -0.05) is 12.1 Å². The van der Waals surface area contributed by atoms with Crippen LogP contribution in [0.5, 0.6) is 5.75 Å². The highest BCUT2D eigenvalue weighted by Gasteiger charge is 2.17. The van der Waals surface area contributed by atoms with Crippen LogP contribution in [0.1, 0.15) is 12.0 Å². The average Bonchev–Trinajstić information content (AvgIpc) is 3.16. The van der Waals surface area contributed by atoms with E-state index in [1.807, 2.05) is 11.9 Å². The van der Waals surface area contributed by atoms with Crippen molar-refractivity contribution in [3.63, 3.8) is 0 Å². The summed E-state index contributed by atoms with van der Waals surface area (Å²) >= 11 is 0. The van der Waals surface area contributed by atoms with Crippen molar-refractivity contribution in [2.45, 2.75) is 19.6 Å². The second-order valence-corrected chi connectivity index (χ2v) is 6.92. The molecule has 1 saturated heterocycles. The van der Waals surface area contributed by atoms with Gasteiger partial charge in [0.05, 0.1) is 6.61 Å². The molecule has 0 aliphatic carbocycles. The molecular formula is C19H29F2IN4O3. The maximum absolute atomic E-state index is 12.3. The summed E-state index contributed by atoms with van der Waals surface area (Å²) in [5, 5.41) is 3.31. The molecule has 7 nitrogen and oxygen atoms in total. The van der Waals surface area contributed by atoms with E-state index in [2.05, 4.69) is 15.0 Å². The van der Waals surface area contributed by atoms with Crippen LogP contribution in [-0.4, -0.2) is 75.7 Å². The molecule has 1 aromatic rings. The summed E-state index contributed by atoms with van der Waals surface area (Å²) in [6.07, 6.45) is 0.992. The van der Waals surface area contributed by atoms with Crippen molar-refractivity contribution in [3.05, 3.63) is 29.8 Å². The molecule has 2 rings (SSSR count). The summed E-state index contributed by atoms with van der Waals surface area (Å²) in [4.78, 5) is 19.7. The average molecular weight is 526 g/mol. The number of carbonyl (C=O) groups excluding carboxylic acids is 1. The number of hydrogen-bond donors (Lipinski definition) is 1. The summed E-state index contributed by atoms with van der Waals surface area (Å²) in [5.74, 6) is 1.04. The van der Waals surface area contributed by atoms with Crippen molar-refractivity contribution in [2.24, 2.45) is 10.9 Å². The van der Waals surface area contributed by atoms with Gasteiger partial charge in [0.25, 0.3) is 0 Å². The first-order chi connectivity index (χ1) is 13.3. The van der Waals surface area contributed by atoms with E-state index in [1.54, 1.807) is 26.2 Å². The third-order valence-electron chi connectivity index (χ3n) is 4.37. The first-order valence-corrected chi connectivity index (χ1v) is 9.16. The summed E-state index contributed by atoms with van der Waals surface area (Å²) < 4.78 is 34.3. The third kappa shape index (κ3) is 9.11. The van der Waals surface area contributed by atoms with Crippen molar-refractivity contribution in [3.8, 4) is 5.75 Å². The Balaban J connectivity index is 0.00000420. The van der Waals surface area contributed by atoms with E-state index in [0.29, 0.717) is 31.6 Å². The van der Waals surface area contributed by atoms with Gasteiger partial charge in [-0.15, -0.1) is 24.0 Å². The van der Waals surface area contributed by atoms with E-state index in [4.69, 9.17) is 4.74 Å². The Morgan fingerprint density at radius 2 is 2.00 bits per heavy atom. The van der Waals surface area contributed by atoms with Crippen LogP contribution in [0.2, 0.25) is 0 Å². The van der Waals surface area contributed by atoms with Crippen molar-refractivity contribution in [1.82, 2.24) is 15.1 Å². The van der Waals surface area contributed by atoms with Crippen LogP contribution in [0.15, 0.2) is 29.3 Å². The number of nitrogens with zero attached hydrogens (tertiary/aromatic N) is 3. The lowest BCUT2D eigenvalue weighted by Gasteiger charge is -2.24. The summed E-state index contributed by atoms with van der Waals surface area (Å²) in [5.41, 5.74) is 0.904. The van der Waals surface area contributed by atoms with E-state index < -0.39 is 6.61 Å². The molecule has 1 heterocycles. The van der Waals surface area contributed by atoms with Gasteiger partial charge in [-0.25, -0.2) is 4.99 Å². The van der Waals surface area contributed by atoms with Crippen LogP contribution < -0.4 is 10.1 Å². The number of guanidine groups is 1. The summed E-state index contributed by atoms with van der Waals surface area (Å²) in [6.45, 7) is -0.113. The fourth-order valence-corrected chi connectivity index (χ4v) is 2.70. The van der Waals surface area contributed by atoms with E-state index in [-0.39, 0.29) is 42.2 Å². The number of hydrogen-bond acceptors (Lipinski definition) is 4. The second-order valence-electron chi connectivity index (χ2n) is 6.92. The van der Waals surface area contributed by atoms with Gasteiger partial charge in [0.1, 0.15) is 12.3 Å². The van der Waals surface area contributed by atoms with E-state index in [0.717, 1.165) is 18.6 Å². The predicted molar refractivity (Wildman–Crippen MR) is 118 cm³/mol. The third-order valence-corrected chi connectivity index (χ3v) is 4.37. The minimum Gasteiger partial charge on any atom is -0.435 e. The number of carbonyl (C=O) groups is 1. The molecule has 1 amide bonds. The molecule has 0 spiro atoms. The Bertz CT molecular complexity index is 653. The maximum atomic E-state index is 12.3. The highest BCUT2D eigenvalue weighted by molar-refractivity contribution is 14.0. The number of ether oxygens (including phenoxy) is 2. The number of rotatable bonds is 8. The van der Waals surface area contributed by atoms with Crippen molar-refractivity contribution >= 4 is 35.8 Å². The molecule has 1 aromatic carbocycles. The first-order valence-electron chi connectivity index (χ1n) is 9.16. The number of halogens is 3. The first kappa shape index (κ1) is 25.3. The molecule has 1 unspecified atom stereocenters. The molecule has 0 radical (unpaired) electrons. The lowest BCUT2D eigenvalue weighted by atomic mass is 10.1. The number of amides is 1. The zero-order chi connectivity index (χ0) is 20.5. The van der Waals surface area contributed by atoms with Crippen LogP contribution in [-0.2, 0) is 16.1 Å². The minimum absolute atomic E-state index is 0. The molecule has 1 atom stereocenters. The van der Waals surface area contributed by atoms with Gasteiger partial charge >= 0.3 is 6.61 Å². The van der Waals surface area contributed by atoms with Crippen LogP contribution in [0.25, 0.3) is 0 Å². The van der Waals surface area contributed by atoms with Crippen LogP contribution >= 0.6 is 24.0 Å². The topological polar surface area (TPSA) is 66.4 Å². The van der Waals surface area contributed by atoms with Crippen LogP contribution in [0.3, 0.4) is 0 Å². The molecule has 1 N–H and O–H groups in total. The monoisotopic (exact) mass is 526 g/mol. The maximum Gasteiger partial charge on any atom is 0.387 e. The number of likely N-dealkylation sites (N-methyl/N-ethyl adjacent to an activating group) is 1. The molecule has 164 valence electrons. The Morgan fingerprint density at radius 1 is 1.31 bits per heavy atom.